The molecular formula is C25H26N2O4S. The Morgan fingerprint density at radius 3 is 2.34 bits per heavy atom. The Morgan fingerprint density at radius 2 is 1.69 bits per heavy atom. The van der Waals surface area contributed by atoms with Crippen molar-refractivity contribution in [3.63, 3.8) is 0 Å². The zero-order valence-electron chi connectivity index (χ0n) is 18.3. The quantitative estimate of drug-likeness (QED) is 0.401. The van der Waals surface area contributed by atoms with E-state index in [0.29, 0.717) is 30.0 Å². The lowest BCUT2D eigenvalue weighted by atomic mass is 10.0. The van der Waals surface area contributed by atoms with Crippen molar-refractivity contribution < 1.29 is 19.4 Å². The Morgan fingerprint density at radius 1 is 1.00 bits per heavy atom. The largest absolute Gasteiger partial charge is 0.507 e. The van der Waals surface area contributed by atoms with Gasteiger partial charge in [-0.15, -0.1) is 0 Å². The van der Waals surface area contributed by atoms with Crippen LogP contribution in [0.25, 0.3) is 0 Å². The average Bonchev–Trinajstić information content (AvgIpc) is 2.76. The van der Waals surface area contributed by atoms with E-state index in [9.17, 15) is 14.7 Å². The molecule has 0 bridgehead atoms. The highest BCUT2D eigenvalue weighted by molar-refractivity contribution is 7.97. The minimum atomic E-state index is -0.425. The normalized spacial score (nSPS) is 10.5. The van der Waals surface area contributed by atoms with Crippen LogP contribution in [0.3, 0.4) is 0 Å². The van der Waals surface area contributed by atoms with Gasteiger partial charge in [0.1, 0.15) is 17.2 Å². The Balaban J connectivity index is 1.76. The monoisotopic (exact) mass is 450 g/mol. The first-order valence-electron chi connectivity index (χ1n) is 10.2. The predicted molar refractivity (Wildman–Crippen MR) is 128 cm³/mol. The van der Waals surface area contributed by atoms with Gasteiger partial charge in [-0.05, 0) is 67.3 Å². The molecule has 7 heteroatoms. The molecule has 32 heavy (non-hydrogen) atoms. The Labute approximate surface area is 192 Å². The lowest BCUT2D eigenvalue weighted by Crippen LogP contribution is -2.15. The second-order valence-electron chi connectivity index (χ2n) is 7.39. The lowest BCUT2D eigenvalue weighted by molar-refractivity contribution is -0.119. The third-order valence-electron chi connectivity index (χ3n) is 4.84. The molecule has 2 amide bonds. The molecule has 0 aromatic heterocycles. The minimum absolute atomic E-state index is 0.00136. The summed E-state index contributed by atoms with van der Waals surface area (Å²) < 4.78 is 8.80. The van der Waals surface area contributed by atoms with Crippen LogP contribution in [0.4, 0.5) is 5.69 Å². The molecule has 0 saturated heterocycles. The van der Waals surface area contributed by atoms with Gasteiger partial charge in [0.15, 0.2) is 0 Å². The van der Waals surface area contributed by atoms with E-state index >= 15 is 0 Å². The number of hydrogen-bond acceptors (Lipinski definition) is 5. The molecule has 0 spiro atoms. The lowest BCUT2D eigenvalue weighted by Gasteiger charge is -2.15. The summed E-state index contributed by atoms with van der Waals surface area (Å²) in [7, 11) is 0. The maximum Gasteiger partial charge on any atom is 0.259 e. The number of ether oxygens (including phenoxy) is 1. The van der Waals surface area contributed by atoms with Crippen molar-refractivity contribution in [2.24, 2.45) is 0 Å². The van der Waals surface area contributed by atoms with Crippen molar-refractivity contribution in [3.8, 4) is 17.2 Å². The molecule has 0 radical (unpaired) electrons. The van der Waals surface area contributed by atoms with E-state index in [1.807, 2.05) is 50.4 Å². The van der Waals surface area contributed by atoms with Gasteiger partial charge in [-0.1, -0.05) is 42.3 Å². The Bertz CT molecular complexity index is 1090. The molecule has 6 nitrogen and oxygen atoms in total. The summed E-state index contributed by atoms with van der Waals surface area (Å²) in [6.45, 7) is 3.88. The molecular weight excluding hydrogens is 424 g/mol. The van der Waals surface area contributed by atoms with E-state index in [2.05, 4.69) is 10.0 Å². The molecule has 0 fully saturated rings. The number of phenolic OH excluding ortho intramolecular Hbond substituents is 1. The van der Waals surface area contributed by atoms with Gasteiger partial charge in [-0.3, -0.25) is 9.59 Å². The SMILES string of the molecule is CSNC(=O)CCc1cc(C)c(Oc2ccc(O)c(C(=O)Nc3ccccc3)c2)c(C)c1. The number of para-hydroxylation sites is 1. The second-order valence-corrected chi connectivity index (χ2v) is 8.00. The highest BCUT2D eigenvalue weighted by Gasteiger charge is 2.15. The fourth-order valence-corrected chi connectivity index (χ4v) is 3.70. The molecule has 0 atom stereocenters. The predicted octanol–water partition coefficient (Wildman–Crippen LogP) is 5.38. The van der Waals surface area contributed by atoms with Crippen LogP contribution in [-0.2, 0) is 11.2 Å². The van der Waals surface area contributed by atoms with Crippen LogP contribution in [0, 0.1) is 13.8 Å². The molecule has 166 valence electrons. The number of rotatable bonds is 8. The molecule has 0 saturated carbocycles. The zero-order chi connectivity index (χ0) is 23.1. The summed E-state index contributed by atoms with van der Waals surface area (Å²) in [6.07, 6.45) is 2.87. The summed E-state index contributed by atoms with van der Waals surface area (Å²) >= 11 is 1.29. The van der Waals surface area contributed by atoms with Gasteiger partial charge >= 0.3 is 0 Å². The first kappa shape index (κ1) is 23.2. The molecule has 0 aliphatic rings. The van der Waals surface area contributed by atoms with E-state index in [4.69, 9.17) is 4.74 Å². The number of nitrogens with one attached hydrogen (secondary N) is 2. The second kappa shape index (κ2) is 10.7. The number of benzene rings is 3. The number of aryl methyl sites for hydroxylation is 3. The average molecular weight is 451 g/mol. The van der Waals surface area contributed by atoms with Gasteiger partial charge in [-0.25, -0.2) is 0 Å². The zero-order valence-corrected chi connectivity index (χ0v) is 19.1. The van der Waals surface area contributed by atoms with Crippen molar-refractivity contribution >= 4 is 29.4 Å². The van der Waals surface area contributed by atoms with Crippen molar-refractivity contribution in [1.29, 1.82) is 0 Å². The molecule has 0 aliphatic heterocycles. The van der Waals surface area contributed by atoms with Gasteiger partial charge in [-0.2, -0.15) is 0 Å². The Kier molecular flexibility index (Phi) is 7.78. The van der Waals surface area contributed by atoms with Gasteiger partial charge in [0.05, 0.1) is 5.56 Å². The minimum Gasteiger partial charge on any atom is -0.507 e. The van der Waals surface area contributed by atoms with Crippen LogP contribution in [0.5, 0.6) is 17.2 Å². The van der Waals surface area contributed by atoms with Crippen molar-refractivity contribution in [1.82, 2.24) is 4.72 Å². The summed E-state index contributed by atoms with van der Waals surface area (Å²) in [5.41, 5.74) is 3.66. The van der Waals surface area contributed by atoms with Crippen molar-refractivity contribution in [3.05, 3.63) is 82.9 Å². The van der Waals surface area contributed by atoms with Crippen molar-refractivity contribution in [2.45, 2.75) is 26.7 Å². The van der Waals surface area contributed by atoms with Crippen LogP contribution in [0.1, 0.15) is 33.5 Å². The van der Waals surface area contributed by atoms with Crippen LogP contribution in [0.2, 0.25) is 0 Å². The van der Waals surface area contributed by atoms with E-state index in [1.165, 1.54) is 24.1 Å². The summed E-state index contributed by atoms with van der Waals surface area (Å²) in [6, 6.07) is 17.6. The fraction of sp³-hybridized carbons (Fsp3) is 0.200. The van der Waals surface area contributed by atoms with Crippen LogP contribution >= 0.6 is 11.9 Å². The third kappa shape index (κ3) is 6.04. The maximum absolute atomic E-state index is 12.6. The molecule has 3 aromatic carbocycles. The standard InChI is InChI=1S/C25H26N2O4S/c1-16-13-18(9-12-23(29)27-32-3)14-17(2)24(16)31-20-10-11-22(28)21(15-20)25(30)26-19-7-5-4-6-8-19/h4-8,10-11,13-15,28H,9,12H2,1-3H3,(H,26,30)(H,27,29). The van der Waals surface area contributed by atoms with E-state index < -0.39 is 5.91 Å². The highest BCUT2D eigenvalue weighted by Crippen LogP contribution is 2.32. The van der Waals surface area contributed by atoms with Gasteiger partial charge in [0.2, 0.25) is 5.91 Å². The van der Waals surface area contributed by atoms with Crippen LogP contribution in [0.15, 0.2) is 60.7 Å². The molecule has 0 heterocycles. The van der Waals surface area contributed by atoms with Gasteiger partial charge in [0, 0.05) is 18.4 Å². The molecule has 3 N–H and O–H groups in total. The number of carbonyl (C=O) groups is 2. The third-order valence-corrected chi connectivity index (χ3v) is 5.27. The van der Waals surface area contributed by atoms with Gasteiger partial charge < -0.3 is 19.9 Å². The molecule has 0 aliphatic carbocycles. The maximum atomic E-state index is 12.6. The van der Waals surface area contributed by atoms with E-state index in [1.54, 1.807) is 18.2 Å². The summed E-state index contributed by atoms with van der Waals surface area (Å²) in [5.74, 6) is 0.574. The molecule has 3 aromatic rings. The van der Waals surface area contributed by atoms with Crippen molar-refractivity contribution in [2.75, 3.05) is 11.6 Å². The smallest absolute Gasteiger partial charge is 0.259 e. The van der Waals surface area contributed by atoms with E-state index in [0.717, 1.165) is 16.7 Å². The molecule has 3 rings (SSSR count). The fourth-order valence-electron chi connectivity index (χ4n) is 3.37. The highest BCUT2D eigenvalue weighted by atomic mass is 32.2. The van der Waals surface area contributed by atoms with Crippen LogP contribution < -0.4 is 14.8 Å². The summed E-state index contributed by atoms with van der Waals surface area (Å²) in [5, 5.41) is 13.0. The first-order chi connectivity index (χ1) is 15.4. The number of carbonyl (C=O) groups excluding carboxylic acids is 2. The number of phenols is 1. The first-order valence-corrected chi connectivity index (χ1v) is 11.4. The Hall–Kier alpha value is -3.45. The summed E-state index contributed by atoms with van der Waals surface area (Å²) in [4.78, 5) is 24.3. The van der Waals surface area contributed by atoms with Crippen LogP contribution in [-0.4, -0.2) is 23.2 Å². The number of hydrogen-bond donors (Lipinski definition) is 3. The topological polar surface area (TPSA) is 87.7 Å². The van der Waals surface area contributed by atoms with Gasteiger partial charge in [0.25, 0.3) is 5.91 Å². The number of amides is 2. The van der Waals surface area contributed by atoms with E-state index in [-0.39, 0.29) is 17.2 Å². The molecule has 0 unspecified atom stereocenters. The number of aromatic hydroxyl groups is 1. The number of anilines is 1.